The number of aryl methyl sites for hydroxylation is 3. The molecule has 0 bridgehead atoms. The van der Waals surface area contributed by atoms with E-state index in [0.717, 1.165) is 17.2 Å². The zero-order valence-electron chi connectivity index (χ0n) is 12.1. The van der Waals surface area contributed by atoms with Crippen LogP contribution in [0.4, 0.5) is 0 Å². The van der Waals surface area contributed by atoms with Crippen LogP contribution in [0.25, 0.3) is 11.3 Å². The van der Waals surface area contributed by atoms with Crippen LogP contribution >= 0.6 is 0 Å². The predicted molar refractivity (Wildman–Crippen MR) is 79.1 cm³/mol. The molecule has 1 unspecified atom stereocenters. The molecule has 1 atom stereocenters. The Labute approximate surface area is 114 Å². The normalized spacial score (nSPS) is 12.5. The van der Waals surface area contributed by atoms with E-state index in [1.807, 2.05) is 13.0 Å². The first-order chi connectivity index (χ1) is 9.01. The van der Waals surface area contributed by atoms with Crippen molar-refractivity contribution in [3.63, 3.8) is 0 Å². The summed E-state index contributed by atoms with van der Waals surface area (Å²) >= 11 is 0. The molecule has 100 valence electrons. The van der Waals surface area contributed by atoms with Crippen molar-refractivity contribution in [2.45, 2.75) is 33.6 Å². The number of nitrogens with two attached hydrogens (primary N) is 1. The molecule has 0 aliphatic carbocycles. The molecular formula is C16H21N3. The lowest BCUT2D eigenvalue weighted by atomic mass is 10.0. The summed E-state index contributed by atoms with van der Waals surface area (Å²) in [7, 11) is 0. The van der Waals surface area contributed by atoms with E-state index in [1.165, 1.54) is 16.7 Å². The Morgan fingerprint density at radius 1 is 1.11 bits per heavy atom. The maximum Gasteiger partial charge on any atom is 0.133 e. The fourth-order valence-electron chi connectivity index (χ4n) is 2.16. The molecular weight excluding hydrogens is 234 g/mol. The van der Waals surface area contributed by atoms with Gasteiger partial charge in [-0.1, -0.05) is 30.7 Å². The van der Waals surface area contributed by atoms with Crippen LogP contribution in [0.1, 0.15) is 35.5 Å². The van der Waals surface area contributed by atoms with Crippen LogP contribution in [-0.4, -0.2) is 16.5 Å². The molecule has 0 aliphatic heterocycles. The summed E-state index contributed by atoms with van der Waals surface area (Å²) in [5, 5.41) is 0. The molecule has 1 aromatic carbocycles. The van der Waals surface area contributed by atoms with E-state index in [1.54, 1.807) is 0 Å². The van der Waals surface area contributed by atoms with Crippen molar-refractivity contribution >= 4 is 0 Å². The predicted octanol–water partition coefficient (Wildman–Crippen LogP) is 3.13. The van der Waals surface area contributed by atoms with Crippen LogP contribution in [0.2, 0.25) is 0 Å². The zero-order chi connectivity index (χ0) is 14.0. The van der Waals surface area contributed by atoms with Gasteiger partial charge in [-0.15, -0.1) is 0 Å². The summed E-state index contributed by atoms with van der Waals surface area (Å²) in [6.07, 6.45) is 0. The molecule has 1 aromatic heterocycles. The Kier molecular flexibility index (Phi) is 3.96. The lowest BCUT2D eigenvalue weighted by molar-refractivity contribution is 0.708. The first-order valence-electron chi connectivity index (χ1n) is 6.64. The number of hydrogen-bond acceptors (Lipinski definition) is 3. The van der Waals surface area contributed by atoms with E-state index >= 15 is 0 Å². The van der Waals surface area contributed by atoms with Crippen LogP contribution in [0.5, 0.6) is 0 Å². The molecule has 3 heteroatoms. The second-order valence-electron chi connectivity index (χ2n) is 5.21. The molecule has 2 N–H and O–H groups in total. The third-order valence-electron chi connectivity index (χ3n) is 3.32. The number of benzene rings is 1. The zero-order valence-corrected chi connectivity index (χ0v) is 12.1. The number of hydrogen-bond donors (Lipinski definition) is 1. The first-order valence-corrected chi connectivity index (χ1v) is 6.64. The van der Waals surface area contributed by atoms with Gasteiger partial charge < -0.3 is 5.73 Å². The minimum Gasteiger partial charge on any atom is -0.330 e. The summed E-state index contributed by atoms with van der Waals surface area (Å²) in [6, 6.07) is 8.46. The van der Waals surface area contributed by atoms with Crippen molar-refractivity contribution < 1.29 is 0 Å². The van der Waals surface area contributed by atoms with Gasteiger partial charge in [0.25, 0.3) is 0 Å². The van der Waals surface area contributed by atoms with E-state index in [-0.39, 0.29) is 5.92 Å². The highest BCUT2D eigenvalue weighted by molar-refractivity contribution is 5.64. The van der Waals surface area contributed by atoms with Gasteiger partial charge in [0.2, 0.25) is 0 Å². The molecule has 0 saturated heterocycles. The minimum absolute atomic E-state index is 0.185. The van der Waals surface area contributed by atoms with E-state index in [2.05, 4.69) is 48.9 Å². The van der Waals surface area contributed by atoms with Crippen molar-refractivity contribution in [3.8, 4) is 11.3 Å². The van der Waals surface area contributed by atoms with Crippen molar-refractivity contribution in [1.82, 2.24) is 9.97 Å². The Bertz CT molecular complexity index is 591. The molecule has 0 spiro atoms. The molecule has 3 nitrogen and oxygen atoms in total. The van der Waals surface area contributed by atoms with Gasteiger partial charge in [0.1, 0.15) is 5.82 Å². The average Bonchev–Trinajstić information content (AvgIpc) is 2.37. The monoisotopic (exact) mass is 255 g/mol. The van der Waals surface area contributed by atoms with Crippen LogP contribution in [0, 0.1) is 20.8 Å². The highest BCUT2D eigenvalue weighted by Gasteiger charge is 2.11. The highest BCUT2D eigenvalue weighted by atomic mass is 14.9. The molecule has 0 amide bonds. The summed E-state index contributed by atoms with van der Waals surface area (Å²) in [5.74, 6) is 1.02. The summed E-state index contributed by atoms with van der Waals surface area (Å²) in [6.45, 7) is 8.84. The quantitative estimate of drug-likeness (QED) is 0.916. The van der Waals surface area contributed by atoms with E-state index in [9.17, 15) is 0 Å². The van der Waals surface area contributed by atoms with E-state index in [0.29, 0.717) is 6.54 Å². The molecule has 2 aromatic rings. The molecule has 0 fully saturated rings. The Morgan fingerprint density at radius 3 is 2.47 bits per heavy atom. The van der Waals surface area contributed by atoms with Crippen LogP contribution in [-0.2, 0) is 0 Å². The first kappa shape index (κ1) is 13.7. The molecule has 2 rings (SSSR count). The maximum absolute atomic E-state index is 5.71. The van der Waals surface area contributed by atoms with Gasteiger partial charge >= 0.3 is 0 Å². The van der Waals surface area contributed by atoms with Crippen LogP contribution in [0.3, 0.4) is 0 Å². The largest absolute Gasteiger partial charge is 0.330 e. The fraction of sp³-hybridized carbons (Fsp3) is 0.375. The highest BCUT2D eigenvalue weighted by Crippen LogP contribution is 2.24. The van der Waals surface area contributed by atoms with Crippen molar-refractivity contribution in [1.29, 1.82) is 0 Å². The second kappa shape index (κ2) is 5.49. The maximum atomic E-state index is 5.71. The summed E-state index contributed by atoms with van der Waals surface area (Å²) in [4.78, 5) is 9.16. The van der Waals surface area contributed by atoms with Gasteiger partial charge in [-0.05, 0) is 32.4 Å². The molecule has 0 saturated carbocycles. The molecule has 19 heavy (non-hydrogen) atoms. The Hall–Kier alpha value is -1.74. The lowest BCUT2D eigenvalue weighted by Crippen LogP contribution is -2.13. The lowest BCUT2D eigenvalue weighted by Gasteiger charge is -2.12. The van der Waals surface area contributed by atoms with Gasteiger partial charge in [-0.3, -0.25) is 0 Å². The minimum atomic E-state index is 0.185. The second-order valence-corrected chi connectivity index (χ2v) is 5.21. The van der Waals surface area contributed by atoms with E-state index < -0.39 is 0 Å². The van der Waals surface area contributed by atoms with Crippen molar-refractivity contribution in [2.75, 3.05) is 6.54 Å². The van der Waals surface area contributed by atoms with Gasteiger partial charge in [-0.2, -0.15) is 0 Å². The van der Waals surface area contributed by atoms with E-state index in [4.69, 9.17) is 5.73 Å². The third kappa shape index (κ3) is 2.99. The molecule has 1 heterocycles. The smallest absolute Gasteiger partial charge is 0.133 e. The van der Waals surface area contributed by atoms with Crippen LogP contribution in [0.15, 0.2) is 24.3 Å². The number of rotatable bonds is 3. The standard InChI is InChI=1S/C16H21N3/c1-10-5-6-14(11(2)7-10)15-8-13(4)18-16(19-15)12(3)9-17/h5-8,12H,9,17H2,1-4H3. The van der Waals surface area contributed by atoms with Gasteiger partial charge in [0.15, 0.2) is 0 Å². The van der Waals surface area contributed by atoms with Crippen molar-refractivity contribution in [2.24, 2.45) is 5.73 Å². The van der Waals surface area contributed by atoms with Crippen LogP contribution < -0.4 is 5.73 Å². The Morgan fingerprint density at radius 2 is 1.84 bits per heavy atom. The topological polar surface area (TPSA) is 51.8 Å². The Balaban J connectivity index is 2.53. The molecule has 0 radical (unpaired) electrons. The number of aromatic nitrogens is 2. The van der Waals surface area contributed by atoms with Gasteiger partial charge in [0.05, 0.1) is 5.69 Å². The number of nitrogens with zero attached hydrogens (tertiary/aromatic N) is 2. The summed E-state index contributed by atoms with van der Waals surface area (Å²) in [5.41, 5.74) is 11.4. The van der Waals surface area contributed by atoms with Crippen molar-refractivity contribution in [3.05, 3.63) is 46.9 Å². The molecule has 0 aliphatic rings. The average molecular weight is 255 g/mol. The van der Waals surface area contributed by atoms with Gasteiger partial charge in [0, 0.05) is 23.7 Å². The fourth-order valence-corrected chi connectivity index (χ4v) is 2.16. The third-order valence-corrected chi connectivity index (χ3v) is 3.32. The summed E-state index contributed by atoms with van der Waals surface area (Å²) < 4.78 is 0. The SMILES string of the molecule is Cc1ccc(-c2cc(C)nc(C(C)CN)n2)c(C)c1. The van der Waals surface area contributed by atoms with Gasteiger partial charge in [-0.25, -0.2) is 9.97 Å².